The van der Waals surface area contributed by atoms with Crippen LogP contribution in [0, 0.1) is 65.1 Å². The van der Waals surface area contributed by atoms with Crippen molar-refractivity contribution >= 4 is 0 Å². The molecule has 2 bridgehead atoms. The molecule has 0 aromatic heterocycles. The van der Waals surface area contributed by atoms with Crippen molar-refractivity contribution in [2.75, 3.05) is 0 Å². The van der Waals surface area contributed by atoms with Gasteiger partial charge in [0, 0.05) is 0 Å². The maximum atomic E-state index is 2.48. The monoisotopic (exact) mass is 565 g/mol. The van der Waals surface area contributed by atoms with Crippen molar-refractivity contribution in [1.82, 2.24) is 0 Å². The predicted molar refractivity (Wildman–Crippen MR) is 194 cm³/mol. The van der Waals surface area contributed by atoms with E-state index in [1.54, 1.807) is 0 Å². The SMILES string of the molecule is C.C.C.CC.CC(C)(C)C(C)(C)C.CC1C(C)C2CC(C1C)C2(C)C.CCC(C)(C)CC.Cc1ccccc1C. The molecule has 0 aliphatic heterocycles. The highest BCUT2D eigenvalue weighted by molar-refractivity contribution is 5.23. The maximum Gasteiger partial charge on any atom is -0.0292 e. The minimum Gasteiger partial charge on any atom is -0.0776 e. The molecule has 0 saturated heterocycles. The first-order chi connectivity index (χ1) is 16.6. The van der Waals surface area contributed by atoms with Crippen molar-refractivity contribution in [3.8, 4) is 0 Å². The Kier molecular flexibility index (Phi) is 24.7. The third-order valence-corrected chi connectivity index (χ3v) is 10.9. The summed E-state index contributed by atoms with van der Waals surface area (Å²) in [5.74, 6) is 4.92. The van der Waals surface area contributed by atoms with Crippen molar-refractivity contribution in [1.29, 1.82) is 0 Å². The van der Waals surface area contributed by atoms with Crippen LogP contribution in [0.3, 0.4) is 0 Å². The van der Waals surface area contributed by atoms with Gasteiger partial charge in [0.25, 0.3) is 0 Å². The molecule has 4 rings (SSSR count). The van der Waals surface area contributed by atoms with E-state index in [1.807, 2.05) is 13.8 Å². The zero-order valence-corrected chi connectivity index (χ0v) is 29.3. The summed E-state index contributed by atoms with van der Waals surface area (Å²) in [6.07, 6.45) is 4.10. The van der Waals surface area contributed by atoms with Gasteiger partial charge in [-0.25, -0.2) is 0 Å². The van der Waals surface area contributed by atoms with E-state index >= 15 is 0 Å². The number of aryl methyl sites for hydroxylation is 2. The van der Waals surface area contributed by atoms with Crippen molar-refractivity contribution < 1.29 is 0 Å². The lowest BCUT2D eigenvalue weighted by molar-refractivity contribution is -0.160. The molecule has 0 N–H and O–H groups in total. The van der Waals surface area contributed by atoms with Gasteiger partial charge in [-0.15, -0.1) is 0 Å². The number of fused-ring (bicyclic) bond motifs is 2. The molecule has 4 unspecified atom stereocenters. The fraction of sp³-hybridized carbons (Fsp3) is 0.850. The van der Waals surface area contributed by atoms with Gasteiger partial charge in [0.15, 0.2) is 0 Å². The third-order valence-electron chi connectivity index (χ3n) is 10.9. The molecule has 4 atom stereocenters. The van der Waals surface area contributed by atoms with E-state index < -0.39 is 0 Å². The highest BCUT2D eigenvalue weighted by atomic mass is 14.6. The van der Waals surface area contributed by atoms with Crippen molar-refractivity contribution in [3.63, 3.8) is 0 Å². The molecule has 1 aromatic carbocycles. The van der Waals surface area contributed by atoms with Crippen LogP contribution in [0.4, 0.5) is 0 Å². The molecule has 0 amide bonds. The Balaban J connectivity index is -0.000000133. The minimum atomic E-state index is 0. The number of hydrogen-bond acceptors (Lipinski definition) is 0. The molecule has 3 aliphatic carbocycles. The molecule has 3 aliphatic rings. The Bertz CT molecular complexity index is 664. The summed E-state index contributed by atoms with van der Waals surface area (Å²) in [7, 11) is 0. The quantitative estimate of drug-likeness (QED) is 0.335. The van der Waals surface area contributed by atoms with Gasteiger partial charge in [-0.2, -0.15) is 0 Å². The van der Waals surface area contributed by atoms with Crippen LogP contribution in [-0.2, 0) is 0 Å². The van der Waals surface area contributed by atoms with E-state index in [1.165, 1.54) is 30.4 Å². The standard InChI is InChI=1S/C12H22.C8H10.C8H18.C7H16.C2H6.3CH4/c1-7-8(2)10-6-11(9(7)3)12(10,4)5;1-7-5-3-4-6-8(7)2;1-7(2,3)8(4,5)6;1-5-7(3,4)6-2;1-2;;;/h7-11H,6H2,1-5H3;3-6H,1-2H3;1-6H3;5-6H2,1-4H3;1-2H3;3*1H4. The fourth-order valence-electron chi connectivity index (χ4n) is 4.90. The van der Waals surface area contributed by atoms with Gasteiger partial charge in [-0.1, -0.05) is 177 Å². The van der Waals surface area contributed by atoms with Crippen LogP contribution in [0.1, 0.15) is 170 Å². The Morgan fingerprint density at radius 3 is 1.05 bits per heavy atom. The van der Waals surface area contributed by atoms with Gasteiger partial charge in [0.2, 0.25) is 0 Å². The van der Waals surface area contributed by atoms with E-state index in [-0.39, 0.29) is 22.3 Å². The van der Waals surface area contributed by atoms with Crippen LogP contribution in [-0.4, -0.2) is 0 Å². The lowest BCUT2D eigenvalue weighted by Gasteiger charge is -2.64. The van der Waals surface area contributed by atoms with Crippen molar-refractivity contribution in [2.24, 2.45) is 51.2 Å². The normalized spacial score (nSPS) is 23.8. The molecular weight excluding hydrogens is 480 g/mol. The first-order valence-corrected chi connectivity index (χ1v) is 15.7. The summed E-state index contributed by atoms with van der Waals surface area (Å²) in [6.45, 7) is 43.3. The second kappa shape index (κ2) is 20.2. The Morgan fingerprint density at radius 1 is 0.625 bits per heavy atom. The van der Waals surface area contributed by atoms with Gasteiger partial charge >= 0.3 is 0 Å². The van der Waals surface area contributed by atoms with Crippen LogP contribution in [0.5, 0.6) is 0 Å². The molecular formula is C40H84. The molecule has 0 radical (unpaired) electrons. The highest BCUT2D eigenvalue weighted by Crippen LogP contribution is 2.64. The van der Waals surface area contributed by atoms with Crippen LogP contribution in [0.25, 0.3) is 0 Å². The summed E-state index contributed by atoms with van der Waals surface area (Å²) in [5.41, 5.74) is 4.85. The fourth-order valence-corrected chi connectivity index (χ4v) is 4.90. The van der Waals surface area contributed by atoms with E-state index in [2.05, 4.69) is 142 Å². The zero-order chi connectivity index (χ0) is 30.0. The van der Waals surface area contributed by atoms with Gasteiger partial charge < -0.3 is 0 Å². The Labute approximate surface area is 259 Å². The van der Waals surface area contributed by atoms with Gasteiger partial charge in [-0.3, -0.25) is 0 Å². The van der Waals surface area contributed by atoms with Crippen molar-refractivity contribution in [3.05, 3.63) is 35.4 Å². The van der Waals surface area contributed by atoms with Crippen LogP contribution in [0.2, 0.25) is 0 Å². The molecule has 1 aromatic rings. The molecule has 0 spiro atoms. The number of benzene rings is 1. The predicted octanol–water partition coefficient (Wildman–Crippen LogP) is 14.7. The summed E-state index contributed by atoms with van der Waals surface area (Å²) >= 11 is 0. The van der Waals surface area contributed by atoms with E-state index in [0.29, 0.717) is 21.7 Å². The van der Waals surface area contributed by atoms with Gasteiger partial charge in [0.1, 0.15) is 0 Å². The van der Waals surface area contributed by atoms with Crippen LogP contribution >= 0.6 is 0 Å². The number of hydrogen-bond donors (Lipinski definition) is 0. The highest BCUT2D eigenvalue weighted by Gasteiger charge is 2.58. The molecule has 0 heteroatoms. The molecule has 3 saturated carbocycles. The minimum absolute atomic E-state index is 0. The van der Waals surface area contributed by atoms with E-state index in [4.69, 9.17) is 0 Å². The second-order valence-electron chi connectivity index (χ2n) is 15.3. The van der Waals surface area contributed by atoms with E-state index in [9.17, 15) is 0 Å². The lowest BCUT2D eigenvalue weighted by Crippen LogP contribution is -2.58. The molecule has 0 heterocycles. The van der Waals surface area contributed by atoms with Crippen LogP contribution in [0.15, 0.2) is 24.3 Å². The van der Waals surface area contributed by atoms with Crippen molar-refractivity contribution in [2.45, 2.75) is 173 Å². The number of rotatable bonds is 2. The average Bonchev–Trinajstić information content (AvgIpc) is 2.80. The van der Waals surface area contributed by atoms with E-state index in [0.717, 1.165) is 29.6 Å². The first-order valence-electron chi connectivity index (χ1n) is 15.7. The maximum absolute atomic E-state index is 2.48. The largest absolute Gasteiger partial charge is 0.0776 e. The smallest absolute Gasteiger partial charge is 0.0292 e. The summed E-state index contributed by atoms with van der Waals surface area (Å²) in [5, 5.41) is 0. The molecule has 40 heavy (non-hydrogen) atoms. The Hall–Kier alpha value is -0.780. The summed E-state index contributed by atoms with van der Waals surface area (Å²) in [6, 6.07) is 8.36. The average molecular weight is 565 g/mol. The third kappa shape index (κ3) is 14.9. The van der Waals surface area contributed by atoms with Crippen LogP contribution < -0.4 is 0 Å². The molecule has 3 fully saturated rings. The van der Waals surface area contributed by atoms with Gasteiger partial charge in [0.05, 0.1) is 0 Å². The topological polar surface area (TPSA) is 0 Å². The zero-order valence-electron chi connectivity index (χ0n) is 29.3. The first kappa shape index (κ1) is 48.9. The molecule has 244 valence electrons. The lowest BCUT2D eigenvalue weighted by atomic mass is 9.40. The molecule has 0 nitrogen and oxygen atoms in total. The second-order valence-corrected chi connectivity index (χ2v) is 15.3. The summed E-state index contributed by atoms with van der Waals surface area (Å²) < 4.78 is 0. The Morgan fingerprint density at radius 2 is 0.900 bits per heavy atom. The van der Waals surface area contributed by atoms with Gasteiger partial charge in [-0.05, 0) is 82.6 Å². The summed E-state index contributed by atoms with van der Waals surface area (Å²) in [4.78, 5) is 0.